The van der Waals surface area contributed by atoms with Gasteiger partial charge in [0.1, 0.15) is 5.75 Å². The molecule has 0 saturated heterocycles. The Hall–Kier alpha value is -3.07. The number of para-hydroxylation sites is 1. The number of ether oxygens (including phenoxy) is 1. The lowest BCUT2D eigenvalue weighted by Crippen LogP contribution is -2.02. The molecule has 3 aromatic rings. The molecule has 4 rings (SSSR count). The van der Waals surface area contributed by atoms with E-state index < -0.39 is 0 Å². The van der Waals surface area contributed by atoms with Crippen LogP contribution in [0, 0.1) is 0 Å². The van der Waals surface area contributed by atoms with Crippen LogP contribution in [0.3, 0.4) is 0 Å². The first-order chi connectivity index (χ1) is 12.3. The summed E-state index contributed by atoms with van der Waals surface area (Å²) < 4.78 is 5.74. The number of aromatic hydroxyl groups is 1. The molecule has 0 aliphatic carbocycles. The first-order valence-corrected chi connectivity index (χ1v) is 8.44. The van der Waals surface area contributed by atoms with Crippen LogP contribution in [0.1, 0.15) is 23.5 Å². The number of phenolic OH excluding ortho intramolecular Hbond substituents is 1. The van der Waals surface area contributed by atoms with E-state index in [4.69, 9.17) is 4.74 Å². The Morgan fingerprint density at radius 1 is 0.880 bits per heavy atom. The summed E-state index contributed by atoms with van der Waals surface area (Å²) in [4.78, 5) is 4.69. The Morgan fingerprint density at radius 3 is 2.32 bits per heavy atom. The van der Waals surface area contributed by atoms with Gasteiger partial charge in [0, 0.05) is 18.2 Å². The van der Waals surface area contributed by atoms with Crippen LogP contribution >= 0.6 is 0 Å². The Balaban J connectivity index is 1.48. The molecular formula is C22H19NO2. The molecule has 1 aliphatic rings. The molecule has 1 aliphatic heterocycles. The summed E-state index contributed by atoms with van der Waals surface area (Å²) in [5, 5.41) is 10.3. The van der Waals surface area contributed by atoms with Gasteiger partial charge in [0.05, 0.1) is 0 Å². The molecule has 1 unspecified atom stereocenters. The van der Waals surface area contributed by atoms with Crippen LogP contribution in [0.5, 0.6) is 17.2 Å². The van der Waals surface area contributed by atoms with Crippen molar-refractivity contribution in [3.63, 3.8) is 0 Å². The number of phenols is 1. The first-order valence-electron chi connectivity index (χ1n) is 8.44. The highest BCUT2D eigenvalue weighted by molar-refractivity contribution is 6.02. The lowest BCUT2D eigenvalue weighted by molar-refractivity contribution is 0.410. The molecule has 3 heteroatoms. The van der Waals surface area contributed by atoms with Gasteiger partial charge < -0.3 is 9.84 Å². The van der Waals surface area contributed by atoms with E-state index in [1.807, 2.05) is 60.7 Å². The van der Waals surface area contributed by atoms with E-state index in [0.29, 0.717) is 17.4 Å². The standard InChI is InChI=1S/C22H19NO2/c24-21-14-17(11-12-22(21)25-19-9-5-2-6-10-19)18-13-20(23-15-18)16-7-3-1-4-8-16/h1-12,14,18,24H,13,15H2. The highest BCUT2D eigenvalue weighted by Gasteiger charge is 2.22. The third-order valence-electron chi connectivity index (χ3n) is 4.47. The van der Waals surface area contributed by atoms with Gasteiger partial charge in [-0.25, -0.2) is 0 Å². The second kappa shape index (κ2) is 6.81. The lowest BCUT2D eigenvalue weighted by Gasteiger charge is -2.13. The van der Waals surface area contributed by atoms with Gasteiger partial charge in [-0.15, -0.1) is 0 Å². The second-order valence-corrected chi connectivity index (χ2v) is 6.20. The summed E-state index contributed by atoms with van der Waals surface area (Å²) in [6.45, 7) is 0.753. The molecule has 1 atom stereocenters. The number of aliphatic imine (C=N–C) groups is 1. The van der Waals surface area contributed by atoms with E-state index in [1.165, 1.54) is 5.56 Å². The Morgan fingerprint density at radius 2 is 1.60 bits per heavy atom. The molecule has 0 radical (unpaired) electrons. The summed E-state index contributed by atoms with van der Waals surface area (Å²) in [6, 6.07) is 25.4. The van der Waals surface area contributed by atoms with Crippen LogP contribution in [0.4, 0.5) is 0 Å². The molecular weight excluding hydrogens is 310 g/mol. The zero-order valence-electron chi connectivity index (χ0n) is 13.8. The van der Waals surface area contributed by atoms with Gasteiger partial charge in [0.25, 0.3) is 0 Å². The normalized spacial score (nSPS) is 16.5. The smallest absolute Gasteiger partial charge is 0.169 e. The topological polar surface area (TPSA) is 41.8 Å². The zero-order valence-corrected chi connectivity index (χ0v) is 13.8. The molecule has 1 heterocycles. The van der Waals surface area contributed by atoms with Gasteiger partial charge in [-0.1, -0.05) is 54.6 Å². The minimum absolute atomic E-state index is 0.162. The molecule has 124 valence electrons. The van der Waals surface area contributed by atoms with Crippen molar-refractivity contribution in [2.45, 2.75) is 12.3 Å². The molecule has 0 spiro atoms. The third-order valence-corrected chi connectivity index (χ3v) is 4.47. The van der Waals surface area contributed by atoms with Crippen molar-refractivity contribution in [2.75, 3.05) is 6.54 Å². The fourth-order valence-electron chi connectivity index (χ4n) is 3.14. The van der Waals surface area contributed by atoms with Crippen LogP contribution in [0.15, 0.2) is 83.9 Å². The molecule has 0 fully saturated rings. The fraction of sp³-hybridized carbons (Fsp3) is 0.136. The van der Waals surface area contributed by atoms with Gasteiger partial charge in [0.15, 0.2) is 11.5 Å². The maximum Gasteiger partial charge on any atom is 0.169 e. The van der Waals surface area contributed by atoms with Crippen LogP contribution < -0.4 is 4.74 Å². The molecule has 0 saturated carbocycles. The SMILES string of the molecule is Oc1cc(C2CN=C(c3ccccc3)C2)ccc1Oc1ccccc1. The van der Waals surface area contributed by atoms with Crippen LogP contribution in [-0.2, 0) is 0 Å². The Bertz CT molecular complexity index is 888. The summed E-state index contributed by atoms with van der Waals surface area (Å²) in [7, 11) is 0. The van der Waals surface area contributed by atoms with Crippen molar-refractivity contribution in [3.8, 4) is 17.2 Å². The largest absolute Gasteiger partial charge is 0.504 e. The summed E-state index contributed by atoms with van der Waals surface area (Å²) in [6.07, 6.45) is 0.891. The number of hydrogen-bond acceptors (Lipinski definition) is 3. The van der Waals surface area contributed by atoms with Gasteiger partial charge in [-0.05, 0) is 41.8 Å². The number of benzene rings is 3. The quantitative estimate of drug-likeness (QED) is 0.718. The molecule has 1 N–H and O–H groups in total. The van der Waals surface area contributed by atoms with Crippen LogP contribution in [0.25, 0.3) is 0 Å². The molecule has 25 heavy (non-hydrogen) atoms. The van der Waals surface area contributed by atoms with Crippen molar-refractivity contribution in [1.82, 2.24) is 0 Å². The third kappa shape index (κ3) is 3.41. The van der Waals surface area contributed by atoms with Crippen molar-refractivity contribution in [1.29, 1.82) is 0 Å². The molecule has 0 amide bonds. The second-order valence-electron chi connectivity index (χ2n) is 6.20. The Kier molecular flexibility index (Phi) is 4.21. The van der Waals surface area contributed by atoms with Gasteiger partial charge in [0.2, 0.25) is 0 Å². The monoisotopic (exact) mass is 329 g/mol. The van der Waals surface area contributed by atoms with Crippen LogP contribution in [-0.4, -0.2) is 17.4 Å². The van der Waals surface area contributed by atoms with Crippen molar-refractivity contribution >= 4 is 5.71 Å². The van der Waals surface area contributed by atoms with Gasteiger partial charge >= 0.3 is 0 Å². The predicted octanol–water partition coefficient (Wildman–Crippen LogP) is 5.16. The highest BCUT2D eigenvalue weighted by Crippen LogP contribution is 2.36. The molecule has 3 aromatic carbocycles. The summed E-state index contributed by atoms with van der Waals surface area (Å²) in [5.74, 6) is 1.64. The minimum Gasteiger partial charge on any atom is -0.504 e. The summed E-state index contributed by atoms with van der Waals surface area (Å²) in [5.41, 5.74) is 3.40. The van der Waals surface area contributed by atoms with Crippen molar-refractivity contribution in [3.05, 3.63) is 90.0 Å². The predicted molar refractivity (Wildman–Crippen MR) is 99.8 cm³/mol. The number of nitrogens with zero attached hydrogens (tertiary/aromatic N) is 1. The zero-order chi connectivity index (χ0) is 17.1. The minimum atomic E-state index is 0.162. The van der Waals surface area contributed by atoms with Gasteiger partial charge in [-0.3, -0.25) is 4.99 Å². The lowest BCUT2D eigenvalue weighted by atomic mass is 9.94. The van der Waals surface area contributed by atoms with E-state index >= 15 is 0 Å². The van der Waals surface area contributed by atoms with Crippen molar-refractivity contribution in [2.24, 2.45) is 4.99 Å². The average Bonchev–Trinajstić information content (AvgIpc) is 3.15. The van der Waals surface area contributed by atoms with Crippen LogP contribution in [0.2, 0.25) is 0 Å². The van der Waals surface area contributed by atoms with Crippen molar-refractivity contribution < 1.29 is 9.84 Å². The van der Waals surface area contributed by atoms with E-state index in [0.717, 1.165) is 24.2 Å². The van der Waals surface area contributed by atoms with Gasteiger partial charge in [-0.2, -0.15) is 0 Å². The molecule has 3 nitrogen and oxygen atoms in total. The molecule has 0 aromatic heterocycles. The van der Waals surface area contributed by atoms with E-state index in [2.05, 4.69) is 17.1 Å². The fourth-order valence-corrected chi connectivity index (χ4v) is 3.14. The van der Waals surface area contributed by atoms with E-state index in [1.54, 1.807) is 6.07 Å². The van der Waals surface area contributed by atoms with E-state index in [-0.39, 0.29) is 5.75 Å². The molecule has 0 bridgehead atoms. The maximum atomic E-state index is 10.3. The first kappa shape index (κ1) is 15.5. The Labute approximate surface area is 147 Å². The highest BCUT2D eigenvalue weighted by atomic mass is 16.5. The maximum absolute atomic E-state index is 10.3. The van der Waals surface area contributed by atoms with E-state index in [9.17, 15) is 5.11 Å². The summed E-state index contributed by atoms with van der Waals surface area (Å²) >= 11 is 0. The number of hydrogen-bond donors (Lipinski definition) is 1. The number of rotatable bonds is 4. The average molecular weight is 329 g/mol.